The van der Waals surface area contributed by atoms with Gasteiger partial charge in [-0.2, -0.15) is 0 Å². The van der Waals surface area contributed by atoms with Crippen molar-refractivity contribution in [2.75, 3.05) is 0 Å². The van der Waals surface area contributed by atoms with Crippen LogP contribution in [0.1, 0.15) is 0 Å². The molecule has 15 heteroatoms. The average Bonchev–Trinajstić information content (AvgIpc) is 2.55. The van der Waals surface area contributed by atoms with Crippen molar-refractivity contribution in [3.63, 3.8) is 0 Å². The first-order valence-corrected chi connectivity index (χ1v) is 9.11. The second-order valence-corrected chi connectivity index (χ2v) is 7.03. The molecule has 0 saturated carbocycles. The minimum atomic E-state index is -4.42. The summed E-state index contributed by atoms with van der Waals surface area (Å²) in [5, 5.41) is 6.43. The van der Waals surface area contributed by atoms with Crippen LogP contribution in [0, 0.1) is 0 Å². The number of benzene rings is 2. The number of nitrogens with zero attached hydrogens (tertiary/aromatic N) is 6. The quantitative estimate of drug-likeness (QED) is 0.189. The largest absolute Gasteiger partial charge is 2.00 e. The van der Waals surface area contributed by atoms with Crippen LogP contribution in [-0.4, -0.2) is 74.8 Å². The molecule has 0 fully saturated rings. The summed E-state index contributed by atoms with van der Waals surface area (Å²) >= 11 is 0. The van der Waals surface area contributed by atoms with Gasteiger partial charge in [0.1, 0.15) is 20.2 Å². The smallest absolute Gasteiger partial charge is 0.744 e. The van der Waals surface area contributed by atoms with E-state index in [0.29, 0.717) is 0 Å². The van der Waals surface area contributed by atoms with E-state index in [1.807, 2.05) is 0 Å². The third-order valence-electron chi connectivity index (χ3n) is 2.57. The van der Waals surface area contributed by atoms with Crippen molar-refractivity contribution in [3.05, 3.63) is 69.4 Å². The van der Waals surface area contributed by atoms with Crippen LogP contribution in [0.4, 0.5) is 11.4 Å². The molecule has 0 aliphatic carbocycles. The SMILES string of the molecule is [Ba+2].[N-]=[N+]=Nc1ccc(S(=O)(=O)[O-])cc1.[N-]=[N+]=Nc1ccc(S(=O)(=O)[O-])cc1. The zero-order valence-electron chi connectivity index (χ0n) is 13.3. The number of rotatable bonds is 4. The average molecular weight is 534 g/mol. The van der Waals surface area contributed by atoms with E-state index in [1.165, 1.54) is 24.3 Å². The summed E-state index contributed by atoms with van der Waals surface area (Å²) in [6, 6.07) is 9.38. The minimum Gasteiger partial charge on any atom is -0.744 e. The monoisotopic (exact) mass is 534 g/mol. The Hall–Kier alpha value is -1.55. The van der Waals surface area contributed by atoms with Crippen molar-refractivity contribution in [1.29, 1.82) is 0 Å². The molecule has 0 atom stereocenters. The molecular formula is C12H8BaN6O6S2. The number of azide groups is 2. The Bertz CT molecular complexity index is 985. The number of hydrogen-bond donors (Lipinski definition) is 0. The van der Waals surface area contributed by atoms with Gasteiger partial charge in [0, 0.05) is 21.2 Å². The summed E-state index contributed by atoms with van der Waals surface area (Å²) in [6.45, 7) is 0. The minimum absolute atomic E-state index is 0. The van der Waals surface area contributed by atoms with Crippen molar-refractivity contribution >= 4 is 80.5 Å². The Morgan fingerprint density at radius 2 is 0.926 bits per heavy atom. The van der Waals surface area contributed by atoms with Gasteiger partial charge in [0.2, 0.25) is 0 Å². The predicted molar refractivity (Wildman–Crippen MR) is 92.2 cm³/mol. The van der Waals surface area contributed by atoms with Gasteiger partial charge in [-0.15, -0.1) is 0 Å². The first-order valence-electron chi connectivity index (χ1n) is 6.30. The van der Waals surface area contributed by atoms with Crippen LogP contribution < -0.4 is 0 Å². The topological polar surface area (TPSA) is 212 Å². The summed E-state index contributed by atoms with van der Waals surface area (Å²) in [6.07, 6.45) is 0. The summed E-state index contributed by atoms with van der Waals surface area (Å²) < 4.78 is 62.7. The van der Waals surface area contributed by atoms with Crippen LogP contribution in [0.5, 0.6) is 0 Å². The van der Waals surface area contributed by atoms with Crippen LogP contribution in [0.15, 0.2) is 68.6 Å². The molecule has 12 nitrogen and oxygen atoms in total. The molecule has 0 radical (unpaired) electrons. The van der Waals surface area contributed by atoms with Gasteiger partial charge in [-0.3, -0.25) is 0 Å². The first kappa shape index (κ1) is 25.5. The molecule has 0 unspecified atom stereocenters. The molecule has 0 bridgehead atoms. The normalized spacial score (nSPS) is 10.1. The van der Waals surface area contributed by atoms with E-state index in [0.717, 1.165) is 24.3 Å². The van der Waals surface area contributed by atoms with Gasteiger partial charge in [-0.1, -0.05) is 34.5 Å². The van der Waals surface area contributed by atoms with Crippen LogP contribution in [0.25, 0.3) is 20.9 Å². The van der Waals surface area contributed by atoms with Crippen LogP contribution in [-0.2, 0) is 20.2 Å². The molecule has 0 aromatic heterocycles. The Kier molecular flexibility index (Phi) is 10.7. The van der Waals surface area contributed by atoms with E-state index in [4.69, 9.17) is 11.1 Å². The Morgan fingerprint density at radius 1 is 0.667 bits per heavy atom. The third-order valence-corrected chi connectivity index (χ3v) is 4.27. The van der Waals surface area contributed by atoms with Crippen LogP contribution in [0.3, 0.4) is 0 Å². The van der Waals surface area contributed by atoms with Crippen molar-refractivity contribution in [1.82, 2.24) is 0 Å². The molecule has 2 aromatic rings. The maximum Gasteiger partial charge on any atom is 2.00 e. The summed E-state index contributed by atoms with van der Waals surface area (Å²) in [5.41, 5.74) is 16.6. The Morgan fingerprint density at radius 3 is 1.11 bits per heavy atom. The molecule has 2 aromatic carbocycles. The third kappa shape index (κ3) is 9.28. The molecule has 2 rings (SSSR count). The van der Waals surface area contributed by atoms with E-state index in [-0.39, 0.29) is 70.0 Å². The zero-order valence-corrected chi connectivity index (χ0v) is 19.3. The van der Waals surface area contributed by atoms with Crippen LogP contribution >= 0.6 is 0 Å². The maximum atomic E-state index is 10.4. The molecule has 0 N–H and O–H groups in total. The number of hydrogen-bond acceptors (Lipinski definition) is 8. The molecule has 27 heavy (non-hydrogen) atoms. The van der Waals surface area contributed by atoms with Gasteiger partial charge >= 0.3 is 48.9 Å². The summed E-state index contributed by atoms with van der Waals surface area (Å²) in [5.74, 6) is 0. The summed E-state index contributed by atoms with van der Waals surface area (Å²) in [7, 11) is -8.84. The van der Waals surface area contributed by atoms with E-state index < -0.39 is 20.2 Å². The fourth-order valence-electron chi connectivity index (χ4n) is 1.46. The molecular weight excluding hydrogens is 526 g/mol. The van der Waals surface area contributed by atoms with Crippen molar-refractivity contribution in [2.45, 2.75) is 9.79 Å². The Labute approximate surface area is 194 Å². The second-order valence-electron chi connectivity index (χ2n) is 4.27. The van der Waals surface area contributed by atoms with Gasteiger partial charge in [-0.25, -0.2) is 16.8 Å². The standard InChI is InChI=1S/2C6H5N3O3S.Ba/c2*7-9-8-5-1-3-6(4-2-5)13(10,11)12;/h2*1-4H,(H,10,11,12);/q;;+2/p-2. The van der Waals surface area contributed by atoms with E-state index in [2.05, 4.69) is 20.1 Å². The molecule has 0 aliphatic heterocycles. The maximum absolute atomic E-state index is 10.4. The first-order chi connectivity index (χ1) is 12.1. The van der Waals surface area contributed by atoms with Crippen molar-refractivity contribution in [3.8, 4) is 0 Å². The zero-order chi connectivity index (χ0) is 19.8. The Balaban J connectivity index is 0.000000483. The summed E-state index contributed by atoms with van der Waals surface area (Å²) in [4.78, 5) is 4.30. The molecule has 0 aliphatic rings. The van der Waals surface area contributed by atoms with Crippen molar-refractivity contribution in [2.24, 2.45) is 10.2 Å². The second kappa shape index (κ2) is 11.3. The predicted octanol–water partition coefficient (Wildman–Crippen LogP) is 2.68. The fraction of sp³-hybridized carbons (Fsp3) is 0. The molecule has 0 spiro atoms. The van der Waals surface area contributed by atoms with Gasteiger partial charge in [0.05, 0.1) is 9.79 Å². The van der Waals surface area contributed by atoms with Gasteiger partial charge < -0.3 is 9.11 Å². The molecule has 136 valence electrons. The van der Waals surface area contributed by atoms with Gasteiger partial charge in [0.15, 0.2) is 0 Å². The fourth-order valence-corrected chi connectivity index (χ4v) is 2.40. The molecule has 0 amide bonds. The van der Waals surface area contributed by atoms with Crippen molar-refractivity contribution < 1.29 is 25.9 Å². The van der Waals surface area contributed by atoms with Gasteiger partial charge in [-0.05, 0) is 35.3 Å². The van der Waals surface area contributed by atoms with E-state index in [1.54, 1.807) is 0 Å². The van der Waals surface area contributed by atoms with E-state index in [9.17, 15) is 25.9 Å². The molecule has 0 heterocycles. The van der Waals surface area contributed by atoms with Crippen LogP contribution in [0.2, 0.25) is 0 Å². The van der Waals surface area contributed by atoms with Gasteiger partial charge in [0.25, 0.3) is 0 Å². The molecule has 0 saturated heterocycles. The van der Waals surface area contributed by atoms with E-state index >= 15 is 0 Å².